The highest BCUT2D eigenvalue weighted by Crippen LogP contribution is 2.59. The van der Waals surface area contributed by atoms with E-state index >= 15 is 0 Å². The van der Waals surface area contributed by atoms with Gasteiger partial charge in [-0.1, -0.05) is 6.07 Å². The fourth-order valence-corrected chi connectivity index (χ4v) is 7.08. The molecule has 1 aliphatic heterocycles. The molecule has 1 aliphatic carbocycles. The van der Waals surface area contributed by atoms with Crippen LogP contribution in [-0.4, -0.2) is 61.3 Å². The normalized spacial score (nSPS) is 20.0. The van der Waals surface area contributed by atoms with Crippen LogP contribution < -0.4 is 20.7 Å². The number of nitrogens with two attached hydrogens (primary N) is 1. The van der Waals surface area contributed by atoms with Crippen molar-refractivity contribution in [3.63, 3.8) is 0 Å². The molecule has 1 saturated carbocycles. The summed E-state index contributed by atoms with van der Waals surface area (Å²) in [7, 11) is 0. The Morgan fingerprint density at radius 2 is 1.98 bits per heavy atom. The van der Waals surface area contributed by atoms with Gasteiger partial charge in [0.15, 0.2) is 5.82 Å². The summed E-state index contributed by atoms with van der Waals surface area (Å²) in [6.45, 7) is 2.47. The zero-order chi connectivity index (χ0) is 32.6. The van der Waals surface area contributed by atoms with Crippen LogP contribution in [0.2, 0.25) is 0 Å². The van der Waals surface area contributed by atoms with Crippen molar-refractivity contribution >= 4 is 45.6 Å². The number of nitrogens with one attached hydrogen (secondary N) is 2. The second-order valence-electron chi connectivity index (χ2n) is 12.3. The number of ether oxygens (including phenoxy) is 1. The van der Waals surface area contributed by atoms with Gasteiger partial charge in [-0.3, -0.25) is 4.79 Å². The first-order valence-corrected chi connectivity index (χ1v) is 18.7. The molecule has 1 saturated heterocycles. The highest BCUT2D eigenvalue weighted by molar-refractivity contribution is 14.2. The van der Waals surface area contributed by atoms with E-state index in [1.165, 1.54) is 4.68 Å². The molecule has 0 radical (unpaired) electrons. The minimum absolute atomic E-state index is 0.0943. The van der Waals surface area contributed by atoms with E-state index in [1.54, 1.807) is 63.8 Å². The molecule has 244 valence electrons. The Bertz CT molecular complexity index is 1660. The molecule has 0 bridgehead atoms. The minimum atomic E-state index is -4.23. The number of aromatic nitrogens is 4. The van der Waals surface area contributed by atoms with E-state index in [2.05, 4.69) is 34.1 Å². The van der Waals surface area contributed by atoms with Crippen molar-refractivity contribution < 1.29 is 26.9 Å². The maximum Gasteiger partial charge on any atom is 0.394 e. The van der Waals surface area contributed by atoms with Crippen LogP contribution in [0.5, 0.6) is 5.88 Å². The van der Waals surface area contributed by atoms with Crippen LogP contribution in [0.15, 0.2) is 47.6 Å². The van der Waals surface area contributed by atoms with Crippen molar-refractivity contribution in [2.24, 2.45) is 17.1 Å². The van der Waals surface area contributed by atoms with Crippen molar-refractivity contribution in [3.8, 4) is 11.7 Å². The number of rotatable bonds is 13. The summed E-state index contributed by atoms with van der Waals surface area (Å²) in [5.41, 5.74) is 4.06. The molecule has 0 spiro atoms. The topological polar surface area (TPSA) is 152 Å². The summed E-state index contributed by atoms with van der Waals surface area (Å²) < 4.78 is 66.4. The van der Waals surface area contributed by atoms with Crippen LogP contribution in [0, 0.1) is 16.1 Å². The fraction of sp³-hybridized carbons (Fsp3) is 0.517. The second kappa shape index (κ2) is 12.6. The van der Waals surface area contributed by atoms with Crippen molar-refractivity contribution in [1.82, 2.24) is 19.7 Å². The first-order valence-electron chi connectivity index (χ1n) is 14.6. The zero-order valence-corrected chi connectivity index (χ0v) is 27.9. The summed E-state index contributed by atoms with van der Waals surface area (Å²) in [6, 6.07) is 9.89. The van der Waals surface area contributed by atoms with Crippen molar-refractivity contribution in [2.75, 3.05) is 29.9 Å². The van der Waals surface area contributed by atoms with E-state index in [-0.39, 0.29) is 47.9 Å². The van der Waals surface area contributed by atoms with Gasteiger partial charge < -0.3 is 20.7 Å². The third-order valence-corrected chi connectivity index (χ3v) is 10.6. The van der Waals surface area contributed by atoms with E-state index in [0.29, 0.717) is 36.5 Å². The zero-order valence-electron chi connectivity index (χ0n) is 24.9. The Morgan fingerprint density at radius 1 is 1.22 bits per heavy atom. The molecule has 45 heavy (non-hydrogen) atoms. The van der Waals surface area contributed by atoms with Gasteiger partial charge in [-0.25, -0.2) is 23.6 Å². The molecular weight excluding hydrogens is 724 g/mol. The predicted octanol–water partition coefficient (Wildman–Crippen LogP) is 6.13. The molecule has 1 amide bonds. The third-order valence-electron chi connectivity index (χ3n) is 8.51. The Hall–Kier alpha value is -3.15. The van der Waals surface area contributed by atoms with E-state index in [4.69, 9.17) is 20.2 Å². The lowest BCUT2D eigenvalue weighted by Crippen LogP contribution is -2.40. The second-order valence-corrected chi connectivity index (χ2v) is 17.4. The van der Waals surface area contributed by atoms with E-state index < -0.39 is 24.4 Å². The highest BCUT2D eigenvalue weighted by Gasteiger charge is 2.62. The number of carbonyl (C=O) groups excluding carboxylic acids is 1. The van der Waals surface area contributed by atoms with Crippen LogP contribution in [0.4, 0.5) is 24.8 Å². The van der Waals surface area contributed by atoms with Crippen LogP contribution in [0.1, 0.15) is 62.7 Å². The van der Waals surface area contributed by atoms with E-state index in [9.17, 15) is 22.2 Å². The first-order chi connectivity index (χ1) is 21.1. The number of halogens is 4. The average molecular weight is 761 g/mol. The van der Waals surface area contributed by atoms with E-state index in [1.807, 2.05) is 0 Å². The van der Waals surface area contributed by atoms with Gasteiger partial charge in [-0.15, -0.1) is 5.10 Å². The Labute approximate surface area is 272 Å². The molecule has 2 unspecified atom stereocenters. The lowest BCUT2D eigenvalue weighted by molar-refractivity contribution is -0.190. The van der Waals surface area contributed by atoms with Gasteiger partial charge in [-0.05, 0) is 82.6 Å². The van der Waals surface area contributed by atoms with Crippen molar-refractivity contribution in [2.45, 2.75) is 69.1 Å². The van der Waals surface area contributed by atoms with Crippen LogP contribution in [0.3, 0.4) is 0 Å². The average Bonchev–Trinajstić information content (AvgIpc) is 3.51. The summed E-state index contributed by atoms with van der Waals surface area (Å²) in [5.74, 6) is 1.33. The van der Waals surface area contributed by atoms with Gasteiger partial charge in [-0.2, -0.15) is 13.2 Å². The van der Waals surface area contributed by atoms with Gasteiger partial charge >= 0.3 is 6.18 Å². The fourth-order valence-electron chi connectivity index (χ4n) is 5.87. The quantitative estimate of drug-likeness (QED) is 0.107. The highest BCUT2D eigenvalue weighted by atomic mass is 127. The summed E-state index contributed by atoms with van der Waals surface area (Å²) in [6.07, 6.45) is 0.123. The largest absolute Gasteiger partial charge is 0.477 e. The molecule has 5 rings (SSSR count). The molecule has 2 atom stereocenters. The molecule has 11 nitrogen and oxygen atoms in total. The van der Waals surface area contributed by atoms with Crippen molar-refractivity contribution in [1.29, 1.82) is 4.78 Å². The smallest absolute Gasteiger partial charge is 0.394 e. The monoisotopic (exact) mass is 760 g/mol. The lowest BCUT2D eigenvalue weighted by atomic mass is 9.93. The lowest BCUT2D eigenvalue weighted by Gasteiger charge is -2.33. The van der Waals surface area contributed by atoms with Gasteiger partial charge in [0.2, 0.25) is 5.88 Å². The molecule has 2 fully saturated rings. The summed E-state index contributed by atoms with van der Waals surface area (Å²) in [4.78, 5) is 23.6. The SMILES string of the molecule is CC1(C)CC(CCCNc2cccc(S(=N)(=O)I)n2)CN1c1nc(-n2ccc(OCCC3(C(F)(F)F)CC3)n2)ccc1C(N)=O. The van der Waals surface area contributed by atoms with Gasteiger partial charge in [0.1, 0.15) is 23.6 Å². The van der Waals surface area contributed by atoms with Crippen molar-refractivity contribution in [3.05, 3.63) is 48.2 Å². The maximum absolute atomic E-state index is 13.2. The number of anilines is 2. The number of alkyl halides is 3. The molecule has 16 heteroatoms. The maximum atomic E-state index is 13.2. The number of amides is 1. The number of hydrogen-bond acceptors (Lipinski definition) is 9. The first kappa shape index (κ1) is 33.2. The third kappa shape index (κ3) is 7.64. The van der Waals surface area contributed by atoms with Crippen LogP contribution in [-0.2, 0) is 6.90 Å². The Kier molecular flexibility index (Phi) is 9.28. The Morgan fingerprint density at radius 3 is 2.64 bits per heavy atom. The molecule has 2 aliphatic rings. The number of carbonyl (C=O) groups is 1. The van der Waals surface area contributed by atoms with Gasteiger partial charge in [0.25, 0.3) is 5.91 Å². The van der Waals surface area contributed by atoms with Gasteiger partial charge in [0.05, 0.1) is 38.8 Å². The molecule has 3 aromatic heterocycles. The summed E-state index contributed by atoms with van der Waals surface area (Å²) >= 11 is 1.59. The number of primary amides is 1. The van der Waals surface area contributed by atoms with Gasteiger partial charge in [0, 0.05) is 30.9 Å². The number of pyridine rings is 2. The minimum Gasteiger partial charge on any atom is -0.477 e. The number of hydrogen-bond donors (Lipinski definition) is 3. The molecule has 4 N–H and O–H groups in total. The molecular formula is C29H36F3IN8O3S. The standard InChI is InChI=1S/C29H36F3IN8O3S/c1-27(2)17-19(5-4-14-36-21-6-3-7-24(37-21)45(33,35)43)18-40(27)26-20(25(34)42)8-9-22(38-26)41-15-10-23(39-41)44-16-13-28(11-12-28)29(30,31)32/h3,6-10,15,19,35H,4-5,11-14,16-18H2,1-2H3,(H2,34,42)(H,36,37). The molecule has 4 heterocycles. The number of nitrogens with zero attached hydrogens (tertiary/aromatic N) is 5. The molecule has 3 aromatic rings. The summed E-state index contributed by atoms with van der Waals surface area (Å²) in [5, 5.41) is 7.82. The van der Waals surface area contributed by atoms with Crippen LogP contribution >= 0.6 is 21.2 Å². The molecule has 0 aromatic carbocycles. The predicted molar refractivity (Wildman–Crippen MR) is 172 cm³/mol. The van der Waals surface area contributed by atoms with E-state index in [0.717, 1.165) is 19.3 Å². The van der Waals surface area contributed by atoms with Crippen LogP contribution in [0.25, 0.3) is 5.82 Å². The Balaban J connectivity index is 1.23.